The van der Waals surface area contributed by atoms with Crippen LogP contribution in [-0.2, 0) is 24.3 Å². The molecular weight excluding hydrogens is 364 g/mol. The molecule has 5 rings (SSSR count). The molecule has 1 aliphatic rings. The largest absolute Gasteiger partial charge is 0.351 e. The number of nitrogens with zero attached hydrogens (tertiary/aromatic N) is 3. The molecule has 2 aromatic heterocycles. The molecule has 0 bridgehead atoms. The summed E-state index contributed by atoms with van der Waals surface area (Å²) in [6.45, 7) is 4.80. The van der Waals surface area contributed by atoms with Gasteiger partial charge in [0.1, 0.15) is 6.54 Å². The Bertz CT molecular complexity index is 1350. The third-order valence-electron chi connectivity index (χ3n) is 5.48. The molecule has 2 aromatic carbocycles. The molecule has 1 amide bonds. The van der Waals surface area contributed by atoms with Gasteiger partial charge >= 0.3 is 0 Å². The van der Waals surface area contributed by atoms with E-state index >= 15 is 0 Å². The fraction of sp³-hybridized carbons (Fsp3) is 0.174. The van der Waals surface area contributed by atoms with E-state index in [2.05, 4.69) is 18.0 Å². The number of aryl methyl sites for hydroxylation is 1. The van der Waals surface area contributed by atoms with Crippen molar-refractivity contribution in [1.29, 1.82) is 0 Å². The number of fused-ring (bicyclic) bond motifs is 6. The maximum atomic E-state index is 13.1. The number of hydrogen-bond acceptors (Lipinski definition) is 3. The summed E-state index contributed by atoms with van der Waals surface area (Å²) in [5.74, 6) is 0.524. The first-order valence-corrected chi connectivity index (χ1v) is 9.66. The zero-order valence-corrected chi connectivity index (χ0v) is 15.9. The molecule has 6 heteroatoms. The van der Waals surface area contributed by atoms with Crippen LogP contribution in [0.15, 0.2) is 66.0 Å². The van der Waals surface area contributed by atoms with Crippen molar-refractivity contribution < 1.29 is 4.79 Å². The molecule has 0 spiro atoms. The molecule has 0 saturated carbocycles. The number of amides is 1. The average Bonchev–Trinajstić information content (AvgIpc) is 3.07. The van der Waals surface area contributed by atoms with Gasteiger partial charge in [-0.2, -0.15) is 0 Å². The molecule has 29 heavy (non-hydrogen) atoms. The van der Waals surface area contributed by atoms with E-state index in [4.69, 9.17) is 4.98 Å². The lowest BCUT2D eigenvalue weighted by atomic mass is 10.0. The topological polar surface area (TPSA) is 68.9 Å². The van der Waals surface area contributed by atoms with E-state index in [1.165, 1.54) is 0 Å². The third-order valence-corrected chi connectivity index (χ3v) is 5.48. The van der Waals surface area contributed by atoms with Gasteiger partial charge in [0, 0.05) is 24.0 Å². The summed E-state index contributed by atoms with van der Waals surface area (Å²) in [7, 11) is 0. The van der Waals surface area contributed by atoms with Crippen LogP contribution < -0.4 is 10.9 Å². The predicted molar refractivity (Wildman–Crippen MR) is 114 cm³/mol. The highest BCUT2D eigenvalue weighted by molar-refractivity contribution is 5.93. The van der Waals surface area contributed by atoms with E-state index in [-0.39, 0.29) is 18.0 Å². The molecule has 0 radical (unpaired) electrons. The SMILES string of the molecule is C=CCNC(=O)Cn1c2c(c3ccccc31)CCn1c-2nc2ccccc2c1=O. The van der Waals surface area contributed by atoms with Gasteiger partial charge < -0.3 is 9.88 Å². The lowest BCUT2D eigenvalue weighted by Crippen LogP contribution is -2.30. The Labute approximate surface area is 167 Å². The molecule has 0 unspecified atom stereocenters. The Morgan fingerprint density at radius 1 is 1.14 bits per heavy atom. The Kier molecular flexibility index (Phi) is 4.05. The minimum absolute atomic E-state index is 0.0378. The second kappa shape index (κ2) is 6.74. The first kappa shape index (κ1) is 17.4. The minimum Gasteiger partial charge on any atom is -0.351 e. The standard InChI is InChI=1S/C23H20N4O2/c1-2-12-24-20(28)14-27-19-10-6-4-7-15(19)16-11-13-26-22(21(16)27)25-18-9-5-3-8-17(18)23(26)29/h2-10H,1,11-14H2,(H,24,28). The predicted octanol–water partition coefficient (Wildman–Crippen LogP) is 2.88. The second-order valence-corrected chi connectivity index (χ2v) is 7.18. The number of carbonyl (C=O) groups is 1. The van der Waals surface area contributed by atoms with Crippen LogP contribution in [0.25, 0.3) is 33.3 Å². The van der Waals surface area contributed by atoms with Crippen LogP contribution in [0.5, 0.6) is 0 Å². The van der Waals surface area contributed by atoms with Crippen molar-refractivity contribution in [3.8, 4) is 11.5 Å². The zero-order chi connectivity index (χ0) is 20.0. The van der Waals surface area contributed by atoms with Crippen molar-refractivity contribution in [3.05, 3.63) is 77.1 Å². The molecule has 3 heterocycles. The molecule has 0 saturated heterocycles. The Hall–Kier alpha value is -3.67. The van der Waals surface area contributed by atoms with Gasteiger partial charge in [0.05, 0.1) is 16.6 Å². The summed E-state index contributed by atoms with van der Waals surface area (Å²) in [5, 5.41) is 4.56. The number of hydrogen-bond donors (Lipinski definition) is 1. The van der Waals surface area contributed by atoms with Crippen LogP contribution in [0.3, 0.4) is 0 Å². The Morgan fingerprint density at radius 2 is 1.90 bits per heavy atom. The highest BCUT2D eigenvalue weighted by Crippen LogP contribution is 2.36. The molecule has 144 valence electrons. The number of aromatic nitrogens is 3. The van der Waals surface area contributed by atoms with Crippen molar-refractivity contribution in [2.24, 2.45) is 0 Å². The molecule has 1 aliphatic heterocycles. The number of benzene rings is 2. The molecular formula is C23H20N4O2. The lowest BCUT2D eigenvalue weighted by Gasteiger charge is -2.21. The van der Waals surface area contributed by atoms with E-state index in [9.17, 15) is 9.59 Å². The van der Waals surface area contributed by atoms with Gasteiger partial charge in [0.15, 0.2) is 5.82 Å². The molecule has 0 atom stereocenters. The van der Waals surface area contributed by atoms with E-state index in [0.717, 1.165) is 28.6 Å². The van der Waals surface area contributed by atoms with Gasteiger partial charge in [-0.3, -0.25) is 14.2 Å². The number of nitrogens with one attached hydrogen (secondary N) is 1. The Balaban J connectivity index is 1.79. The summed E-state index contributed by atoms with van der Waals surface area (Å²) < 4.78 is 3.72. The molecule has 6 nitrogen and oxygen atoms in total. The van der Waals surface area contributed by atoms with E-state index in [1.807, 2.05) is 47.0 Å². The third kappa shape index (κ3) is 2.68. The van der Waals surface area contributed by atoms with Crippen molar-refractivity contribution in [2.45, 2.75) is 19.5 Å². The van der Waals surface area contributed by atoms with Crippen LogP contribution in [0, 0.1) is 0 Å². The maximum Gasteiger partial charge on any atom is 0.261 e. The molecule has 1 N–H and O–H groups in total. The Morgan fingerprint density at radius 3 is 2.72 bits per heavy atom. The van der Waals surface area contributed by atoms with Gasteiger partial charge in [-0.15, -0.1) is 6.58 Å². The van der Waals surface area contributed by atoms with Crippen LogP contribution in [0.1, 0.15) is 5.56 Å². The molecule has 0 fully saturated rings. The lowest BCUT2D eigenvalue weighted by molar-refractivity contribution is -0.121. The highest BCUT2D eigenvalue weighted by atomic mass is 16.2. The molecule has 0 aliphatic carbocycles. The van der Waals surface area contributed by atoms with Crippen molar-refractivity contribution in [1.82, 2.24) is 19.4 Å². The maximum absolute atomic E-state index is 13.1. The number of para-hydroxylation sites is 2. The van der Waals surface area contributed by atoms with Crippen LogP contribution in [0.2, 0.25) is 0 Å². The van der Waals surface area contributed by atoms with E-state index < -0.39 is 0 Å². The van der Waals surface area contributed by atoms with Gasteiger partial charge in [0.2, 0.25) is 5.91 Å². The van der Waals surface area contributed by atoms with Crippen LogP contribution in [0.4, 0.5) is 0 Å². The van der Waals surface area contributed by atoms with E-state index in [0.29, 0.717) is 29.8 Å². The monoisotopic (exact) mass is 384 g/mol. The fourth-order valence-electron chi connectivity index (χ4n) is 4.21. The van der Waals surface area contributed by atoms with Crippen LogP contribution in [-0.4, -0.2) is 26.6 Å². The quantitative estimate of drug-likeness (QED) is 0.550. The summed E-state index contributed by atoms with van der Waals surface area (Å²) in [6, 6.07) is 15.5. The van der Waals surface area contributed by atoms with Gasteiger partial charge in [-0.05, 0) is 30.2 Å². The van der Waals surface area contributed by atoms with Gasteiger partial charge in [-0.1, -0.05) is 36.4 Å². The number of rotatable bonds is 4. The smallest absolute Gasteiger partial charge is 0.261 e. The minimum atomic E-state index is -0.103. The highest BCUT2D eigenvalue weighted by Gasteiger charge is 2.27. The van der Waals surface area contributed by atoms with Crippen molar-refractivity contribution in [2.75, 3.05) is 6.54 Å². The van der Waals surface area contributed by atoms with Crippen LogP contribution >= 0.6 is 0 Å². The first-order chi connectivity index (χ1) is 14.2. The molecule has 4 aromatic rings. The number of carbonyl (C=O) groups excluding carboxylic acids is 1. The van der Waals surface area contributed by atoms with Gasteiger partial charge in [-0.25, -0.2) is 4.98 Å². The summed E-state index contributed by atoms with van der Waals surface area (Å²) in [5.41, 5.74) is 3.60. The van der Waals surface area contributed by atoms with E-state index in [1.54, 1.807) is 10.6 Å². The second-order valence-electron chi connectivity index (χ2n) is 7.18. The zero-order valence-electron chi connectivity index (χ0n) is 15.9. The van der Waals surface area contributed by atoms with Crippen molar-refractivity contribution >= 4 is 27.7 Å². The summed E-state index contributed by atoms with van der Waals surface area (Å²) in [4.78, 5) is 30.5. The summed E-state index contributed by atoms with van der Waals surface area (Å²) >= 11 is 0. The normalized spacial score (nSPS) is 12.6. The summed E-state index contributed by atoms with van der Waals surface area (Å²) in [6.07, 6.45) is 2.38. The first-order valence-electron chi connectivity index (χ1n) is 9.66. The fourth-order valence-corrected chi connectivity index (χ4v) is 4.21. The van der Waals surface area contributed by atoms with Gasteiger partial charge in [0.25, 0.3) is 5.56 Å². The van der Waals surface area contributed by atoms with Crippen molar-refractivity contribution in [3.63, 3.8) is 0 Å². The average molecular weight is 384 g/mol.